The third-order valence-electron chi connectivity index (χ3n) is 4.28. The van der Waals surface area contributed by atoms with E-state index in [4.69, 9.17) is 0 Å². The predicted octanol–water partition coefficient (Wildman–Crippen LogP) is 3.18. The Morgan fingerprint density at radius 1 is 1.22 bits per heavy atom. The van der Waals surface area contributed by atoms with E-state index < -0.39 is 0 Å². The Morgan fingerprint density at radius 2 is 1.94 bits per heavy atom. The lowest BCUT2D eigenvalue weighted by molar-refractivity contribution is 0.186. The summed E-state index contributed by atoms with van der Waals surface area (Å²) in [5.41, 5.74) is 0.538. The van der Waals surface area contributed by atoms with Gasteiger partial charge in [-0.1, -0.05) is 13.8 Å². The van der Waals surface area contributed by atoms with Gasteiger partial charge in [-0.15, -0.1) is 11.3 Å². The SMILES string of the molecule is CCc1ccc(CNCC2(CC)CCNCC2)s1. The van der Waals surface area contributed by atoms with Gasteiger partial charge in [0.1, 0.15) is 0 Å². The summed E-state index contributed by atoms with van der Waals surface area (Å²) in [4.78, 5) is 2.98. The molecule has 1 aliphatic heterocycles. The van der Waals surface area contributed by atoms with Crippen LogP contribution >= 0.6 is 11.3 Å². The van der Waals surface area contributed by atoms with Crippen LogP contribution in [0, 0.1) is 5.41 Å². The van der Waals surface area contributed by atoms with E-state index in [1.165, 1.54) is 48.7 Å². The first-order valence-electron chi connectivity index (χ1n) is 7.27. The van der Waals surface area contributed by atoms with E-state index in [2.05, 4.69) is 36.6 Å². The molecular formula is C15H26N2S. The third-order valence-corrected chi connectivity index (χ3v) is 5.51. The van der Waals surface area contributed by atoms with Gasteiger partial charge in [0.25, 0.3) is 0 Å². The topological polar surface area (TPSA) is 24.1 Å². The third kappa shape index (κ3) is 3.56. The van der Waals surface area contributed by atoms with Crippen molar-refractivity contribution in [3.05, 3.63) is 21.9 Å². The van der Waals surface area contributed by atoms with E-state index in [9.17, 15) is 0 Å². The summed E-state index contributed by atoms with van der Waals surface area (Å²) in [6.07, 6.45) is 5.10. The number of rotatable bonds is 6. The average molecular weight is 266 g/mol. The van der Waals surface area contributed by atoms with Crippen molar-refractivity contribution in [1.29, 1.82) is 0 Å². The molecule has 2 nitrogen and oxygen atoms in total. The molecule has 2 heterocycles. The van der Waals surface area contributed by atoms with Crippen LogP contribution in [0.2, 0.25) is 0 Å². The molecular weight excluding hydrogens is 240 g/mol. The Kier molecular flexibility index (Phi) is 5.22. The van der Waals surface area contributed by atoms with Gasteiger partial charge < -0.3 is 10.6 Å². The molecule has 3 heteroatoms. The maximum absolute atomic E-state index is 3.68. The van der Waals surface area contributed by atoms with Crippen molar-refractivity contribution >= 4 is 11.3 Å². The molecule has 0 radical (unpaired) electrons. The highest BCUT2D eigenvalue weighted by molar-refractivity contribution is 7.11. The monoisotopic (exact) mass is 266 g/mol. The fourth-order valence-electron chi connectivity index (χ4n) is 2.77. The van der Waals surface area contributed by atoms with E-state index in [1.807, 2.05) is 11.3 Å². The van der Waals surface area contributed by atoms with Gasteiger partial charge in [0, 0.05) is 22.8 Å². The van der Waals surface area contributed by atoms with Gasteiger partial charge in [-0.2, -0.15) is 0 Å². The summed E-state index contributed by atoms with van der Waals surface area (Å²) < 4.78 is 0. The lowest BCUT2D eigenvalue weighted by atomic mass is 9.76. The molecule has 2 N–H and O–H groups in total. The molecule has 0 bridgehead atoms. The van der Waals surface area contributed by atoms with E-state index in [0.717, 1.165) is 13.0 Å². The van der Waals surface area contributed by atoms with Crippen molar-refractivity contribution in [1.82, 2.24) is 10.6 Å². The number of nitrogens with one attached hydrogen (secondary N) is 2. The standard InChI is InChI=1S/C15H26N2S/c1-3-13-5-6-14(18-13)11-17-12-15(4-2)7-9-16-10-8-15/h5-6,16-17H,3-4,7-12H2,1-2H3. The molecule has 2 rings (SSSR count). The van der Waals surface area contributed by atoms with Gasteiger partial charge in [-0.25, -0.2) is 0 Å². The zero-order chi connectivity index (χ0) is 12.8. The van der Waals surface area contributed by atoms with Gasteiger partial charge in [0.15, 0.2) is 0 Å². The van der Waals surface area contributed by atoms with Gasteiger partial charge in [0.2, 0.25) is 0 Å². The normalized spacial score (nSPS) is 19.0. The van der Waals surface area contributed by atoms with Crippen LogP contribution in [0.3, 0.4) is 0 Å². The Labute approximate surface area is 115 Å². The molecule has 0 spiro atoms. The molecule has 1 aromatic heterocycles. The van der Waals surface area contributed by atoms with Crippen LogP contribution in [-0.4, -0.2) is 19.6 Å². The van der Waals surface area contributed by atoms with Gasteiger partial charge in [-0.3, -0.25) is 0 Å². The molecule has 0 atom stereocenters. The molecule has 1 aliphatic rings. The van der Waals surface area contributed by atoms with Crippen LogP contribution in [0.5, 0.6) is 0 Å². The summed E-state index contributed by atoms with van der Waals surface area (Å²) in [5, 5.41) is 7.15. The van der Waals surface area contributed by atoms with Crippen molar-refractivity contribution in [3.8, 4) is 0 Å². The van der Waals surface area contributed by atoms with Crippen molar-refractivity contribution in [3.63, 3.8) is 0 Å². The average Bonchev–Trinajstić information content (AvgIpc) is 2.88. The number of hydrogen-bond donors (Lipinski definition) is 2. The highest BCUT2D eigenvalue weighted by Crippen LogP contribution is 2.31. The van der Waals surface area contributed by atoms with Crippen LogP contribution in [0.25, 0.3) is 0 Å². The molecule has 0 aliphatic carbocycles. The second-order valence-corrected chi connectivity index (χ2v) is 6.68. The first kappa shape index (κ1) is 14.0. The highest BCUT2D eigenvalue weighted by Gasteiger charge is 2.29. The van der Waals surface area contributed by atoms with Crippen molar-refractivity contribution in [2.24, 2.45) is 5.41 Å². The first-order valence-corrected chi connectivity index (χ1v) is 8.09. The van der Waals surface area contributed by atoms with Crippen molar-refractivity contribution in [2.45, 2.75) is 46.1 Å². The minimum Gasteiger partial charge on any atom is -0.317 e. The maximum atomic E-state index is 3.68. The number of aryl methyl sites for hydroxylation is 1. The largest absolute Gasteiger partial charge is 0.317 e. The Hall–Kier alpha value is -0.380. The zero-order valence-corrected chi connectivity index (χ0v) is 12.5. The quantitative estimate of drug-likeness (QED) is 0.826. The van der Waals surface area contributed by atoms with Crippen LogP contribution in [0.1, 0.15) is 42.9 Å². The number of thiophene rings is 1. The van der Waals surface area contributed by atoms with E-state index in [-0.39, 0.29) is 0 Å². The van der Waals surface area contributed by atoms with E-state index in [1.54, 1.807) is 0 Å². The molecule has 0 aromatic carbocycles. The van der Waals surface area contributed by atoms with Crippen LogP contribution in [0.4, 0.5) is 0 Å². The van der Waals surface area contributed by atoms with Crippen LogP contribution in [-0.2, 0) is 13.0 Å². The lowest BCUT2D eigenvalue weighted by Crippen LogP contribution is -2.42. The number of piperidine rings is 1. The van der Waals surface area contributed by atoms with E-state index >= 15 is 0 Å². The molecule has 0 amide bonds. The van der Waals surface area contributed by atoms with Crippen molar-refractivity contribution < 1.29 is 0 Å². The summed E-state index contributed by atoms with van der Waals surface area (Å²) in [6.45, 7) is 9.16. The predicted molar refractivity (Wildman–Crippen MR) is 80.2 cm³/mol. The maximum Gasteiger partial charge on any atom is 0.0300 e. The molecule has 0 unspecified atom stereocenters. The second-order valence-electron chi connectivity index (χ2n) is 5.43. The Morgan fingerprint density at radius 3 is 2.56 bits per heavy atom. The highest BCUT2D eigenvalue weighted by atomic mass is 32.1. The number of hydrogen-bond acceptors (Lipinski definition) is 3. The molecule has 102 valence electrons. The van der Waals surface area contributed by atoms with Gasteiger partial charge in [-0.05, 0) is 56.3 Å². The summed E-state index contributed by atoms with van der Waals surface area (Å²) in [7, 11) is 0. The fourth-order valence-corrected chi connectivity index (χ4v) is 3.70. The summed E-state index contributed by atoms with van der Waals surface area (Å²) >= 11 is 1.95. The van der Waals surface area contributed by atoms with E-state index in [0.29, 0.717) is 5.41 Å². The molecule has 1 aromatic rings. The van der Waals surface area contributed by atoms with Gasteiger partial charge >= 0.3 is 0 Å². The molecule has 0 saturated carbocycles. The molecule has 1 fully saturated rings. The molecule has 1 saturated heterocycles. The zero-order valence-electron chi connectivity index (χ0n) is 11.7. The Balaban J connectivity index is 1.79. The molecule has 18 heavy (non-hydrogen) atoms. The van der Waals surface area contributed by atoms with Crippen LogP contribution in [0.15, 0.2) is 12.1 Å². The fraction of sp³-hybridized carbons (Fsp3) is 0.733. The second kappa shape index (κ2) is 6.69. The van der Waals surface area contributed by atoms with Gasteiger partial charge in [0.05, 0.1) is 0 Å². The minimum absolute atomic E-state index is 0.538. The Bertz CT molecular complexity index is 353. The summed E-state index contributed by atoms with van der Waals surface area (Å²) in [6, 6.07) is 4.54. The smallest absolute Gasteiger partial charge is 0.0300 e. The lowest BCUT2D eigenvalue weighted by Gasteiger charge is -2.37. The van der Waals surface area contributed by atoms with Crippen molar-refractivity contribution in [2.75, 3.05) is 19.6 Å². The summed E-state index contributed by atoms with van der Waals surface area (Å²) in [5.74, 6) is 0. The van der Waals surface area contributed by atoms with Crippen LogP contribution < -0.4 is 10.6 Å². The first-order chi connectivity index (χ1) is 8.78. The minimum atomic E-state index is 0.538.